The fourth-order valence-electron chi connectivity index (χ4n) is 2.79. The van der Waals surface area contributed by atoms with Crippen LogP contribution in [0.15, 0.2) is 12.1 Å². The van der Waals surface area contributed by atoms with Crippen LogP contribution in [0, 0.1) is 5.82 Å². The Kier molecular flexibility index (Phi) is 3.22. The van der Waals surface area contributed by atoms with Crippen molar-refractivity contribution in [2.24, 2.45) is 0 Å². The van der Waals surface area contributed by atoms with Gasteiger partial charge in [0.2, 0.25) is 0 Å². The predicted octanol–water partition coefficient (Wildman–Crippen LogP) is 0.702. The second kappa shape index (κ2) is 4.88. The van der Waals surface area contributed by atoms with Crippen molar-refractivity contribution in [3.05, 3.63) is 34.6 Å². The van der Waals surface area contributed by atoms with E-state index in [-0.39, 0.29) is 17.4 Å². The van der Waals surface area contributed by atoms with E-state index in [1.54, 1.807) is 6.07 Å². The first-order valence-corrected chi connectivity index (χ1v) is 6.26. The summed E-state index contributed by atoms with van der Waals surface area (Å²) in [5, 5.41) is 8.62. The molecule has 1 fully saturated rings. The highest BCUT2D eigenvalue weighted by Gasteiger charge is 2.31. The van der Waals surface area contributed by atoms with E-state index in [2.05, 4.69) is 4.90 Å². The van der Waals surface area contributed by atoms with Crippen molar-refractivity contribution in [1.82, 2.24) is 10.4 Å². The van der Waals surface area contributed by atoms with Gasteiger partial charge in [-0.2, -0.15) is 0 Å². The summed E-state index contributed by atoms with van der Waals surface area (Å²) in [6, 6.07) is 3.06. The highest BCUT2D eigenvalue weighted by atomic mass is 19.1. The average molecular weight is 266 g/mol. The third kappa shape index (κ3) is 2.22. The number of carbonyl (C=O) groups excluding carboxylic acids is 1. The molecule has 6 heteroatoms. The van der Waals surface area contributed by atoms with Crippen LogP contribution in [0.3, 0.4) is 0 Å². The van der Waals surface area contributed by atoms with Gasteiger partial charge in [-0.15, -0.1) is 0 Å². The Morgan fingerprint density at radius 2 is 2.37 bits per heavy atom. The van der Waals surface area contributed by atoms with Gasteiger partial charge in [-0.3, -0.25) is 14.9 Å². The molecule has 0 spiro atoms. The zero-order valence-corrected chi connectivity index (χ0v) is 10.4. The Hall–Kier alpha value is -1.50. The summed E-state index contributed by atoms with van der Waals surface area (Å²) in [6.07, 6.45) is 0.665. The number of halogens is 1. The SMILES string of the molecule is O=C(NO)c1cc(F)c2c(c1)C[C@@H]1COCCN1C2. The smallest absolute Gasteiger partial charge is 0.274 e. The van der Waals surface area contributed by atoms with Crippen molar-refractivity contribution in [1.29, 1.82) is 0 Å². The second-order valence-corrected chi connectivity index (χ2v) is 4.94. The number of rotatable bonds is 1. The van der Waals surface area contributed by atoms with E-state index in [4.69, 9.17) is 9.94 Å². The summed E-state index contributed by atoms with van der Waals surface area (Å²) < 4.78 is 19.5. The lowest BCUT2D eigenvalue weighted by Crippen LogP contribution is -2.48. The Balaban J connectivity index is 1.96. The highest BCUT2D eigenvalue weighted by molar-refractivity contribution is 5.93. The molecule has 19 heavy (non-hydrogen) atoms. The molecule has 0 bridgehead atoms. The van der Waals surface area contributed by atoms with Crippen LogP contribution >= 0.6 is 0 Å². The largest absolute Gasteiger partial charge is 0.378 e. The van der Waals surface area contributed by atoms with Gasteiger partial charge < -0.3 is 4.74 Å². The number of carbonyl (C=O) groups is 1. The van der Waals surface area contributed by atoms with Gasteiger partial charge in [0.05, 0.1) is 13.2 Å². The quantitative estimate of drug-likeness (QED) is 0.580. The van der Waals surface area contributed by atoms with Crippen LogP contribution in [0.4, 0.5) is 4.39 Å². The number of amides is 1. The maximum atomic E-state index is 14.1. The number of nitrogens with one attached hydrogen (secondary N) is 1. The molecule has 2 aliphatic rings. The molecular weight excluding hydrogens is 251 g/mol. The van der Waals surface area contributed by atoms with Crippen LogP contribution in [-0.4, -0.2) is 41.8 Å². The van der Waals surface area contributed by atoms with Gasteiger partial charge in [-0.05, 0) is 24.1 Å². The monoisotopic (exact) mass is 266 g/mol. The van der Waals surface area contributed by atoms with Gasteiger partial charge in [-0.1, -0.05) is 0 Å². The first-order valence-electron chi connectivity index (χ1n) is 6.26. The predicted molar refractivity (Wildman–Crippen MR) is 64.4 cm³/mol. The van der Waals surface area contributed by atoms with Gasteiger partial charge in [0.15, 0.2) is 0 Å². The third-order valence-electron chi connectivity index (χ3n) is 3.82. The molecule has 0 aliphatic carbocycles. The molecule has 5 nitrogen and oxygen atoms in total. The highest BCUT2D eigenvalue weighted by Crippen LogP contribution is 2.28. The summed E-state index contributed by atoms with van der Waals surface area (Å²) in [4.78, 5) is 13.6. The fourth-order valence-corrected chi connectivity index (χ4v) is 2.79. The maximum Gasteiger partial charge on any atom is 0.274 e. The zero-order chi connectivity index (χ0) is 13.4. The Bertz CT molecular complexity index is 521. The lowest BCUT2D eigenvalue weighted by molar-refractivity contribution is -0.0169. The summed E-state index contributed by atoms with van der Waals surface area (Å²) in [5.74, 6) is -1.08. The number of hydrogen-bond acceptors (Lipinski definition) is 4. The van der Waals surface area contributed by atoms with Crippen molar-refractivity contribution < 1.29 is 19.1 Å². The number of ether oxygens (including phenoxy) is 1. The molecule has 1 atom stereocenters. The van der Waals surface area contributed by atoms with E-state index in [9.17, 15) is 9.18 Å². The molecule has 1 aromatic rings. The number of hydroxylamine groups is 1. The van der Waals surface area contributed by atoms with E-state index >= 15 is 0 Å². The lowest BCUT2D eigenvalue weighted by atomic mass is 9.91. The Morgan fingerprint density at radius 3 is 3.16 bits per heavy atom. The molecule has 2 heterocycles. The van der Waals surface area contributed by atoms with E-state index < -0.39 is 5.91 Å². The van der Waals surface area contributed by atoms with E-state index in [0.717, 1.165) is 12.1 Å². The van der Waals surface area contributed by atoms with Crippen molar-refractivity contribution in [2.75, 3.05) is 19.8 Å². The molecule has 1 amide bonds. The molecule has 0 unspecified atom stereocenters. The first-order chi connectivity index (χ1) is 9.19. The van der Waals surface area contributed by atoms with Crippen LogP contribution in [0.1, 0.15) is 21.5 Å². The molecule has 2 aliphatic heterocycles. The van der Waals surface area contributed by atoms with E-state index in [1.165, 1.54) is 11.5 Å². The number of fused-ring (bicyclic) bond motifs is 2. The lowest BCUT2D eigenvalue weighted by Gasteiger charge is -2.40. The fraction of sp³-hybridized carbons (Fsp3) is 0.462. The van der Waals surface area contributed by atoms with Gasteiger partial charge in [0.25, 0.3) is 5.91 Å². The molecule has 0 aromatic heterocycles. The van der Waals surface area contributed by atoms with Crippen molar-refractivity contribution in [2.45, 2.75) is 19.0 Å². The minimum Gasteiger partial charge on any atom is -0.378 e. The van der Waals surface area contributed by atoms with Gasteiger partial charge in [0.1, 0.15) is 5.82 Å². The Labute approximate surface area is 109 Å². The number of benzene rings is 1. The Morgan fingerprint density at radius 1 is 1.53 bits per heavy atom. The van der Waals surface area contributed by atoms with Crippen LogP contribution in [-0.2, 0) is 17.7 Å². The maximum absolute atomic E-state index is 14.1. The molecule has 0 saturated carbocycles. The second-order valence-electron chi connectivity index (χ2n) is 4.94. The van der Waals surface area contributed by atoms with Crippen LogP contribution < -0.4 is 5.48 Å². The van der Waals surface area contributed by atoms with Crippen LogP contribution in [0.2, 0.25) is 0 Å². The van der Waals surface area contributed by atoms with E-state index in [1.807, 2.05) is 0 Å². The number of nitrogens with zero attached hydrogens (tertiary/aromatic N) is 1. The average Bonchev–Trinajstić information content (AvgIpc) is 2.44. The molecule has 102 valence electrons. The van der Waals surface area contributed by atoms with E-state index in [0.29, 0.717) is 31.7 Å². The van der Waals surface area contributed by atoms with Crippen molar-refractivity contribution >= 4 is 5.91 Å². The van der Waals surface area contributed by atoms with Gasteiger partial charge in [0, 0.05) is 30.3 Å². The minimum absolute atomic E-state index is 0.143. The van der Waals surface area contributed by atoms with Crippen LogP contribution in [0.25, 0.3) is 0 Å². The standard InChI is InChI=1S/C13H15FN2O3/c14-12-5-9(13(17)15-18)3-8-4-10-7-19-2-1-16(10)6-11(8)12/h3,5,10,18H,1-2,4,6-7H2,(H,15,17)/t10-/m1/s1. The van der Waals surface area contributed by atoms with Crippen LogP contribution in [0.5, 0.6) is 0 Å². The molecule has 2 N–H and O–H groups in total. The molecule has 3 rings (SSSR count). The first kappa shape index (κ1) is 12.5. The number of hydrogen-bond donors (Lipinski definition) is 2. The molecule has 1 saturated heterocycles. The third-order valence-corrected chi connectivity index (χ3v) is 3.82. The molecule has 0 radical (unpaired) electrons. The van der Waals surface area contributed by atoms with Gasteiger partial charge >= 0.3 is 0 Å². The van der Waals surface area contributed by atoms with Crippen molar-refractivity contribution in [3.8, 4) is 0 Å². The summed E-state index contributed by atoms with van der Waals surface area (Å²) in [6.45, 7) is 2.68. The number of morpholine rings is 1. The minimum atomic E-state index is -0.691. The topological polar surface area (TPSA) is 61.8 Å². The molecule has 1 aromatic carbocycles. The summed E-state index contributed by atoms with van der Waals surface area (Å²) >= 11 is 0. The summed E-state index contributed by atoms with van der Waals surface area (Å²) in [7, 11) is 0. The normalized spacial score (nSPS) is 22.5. The zero-order valence-electron chi connectivity index (χ0n) is 10.4. The van der Waals surface area contributed by atoms with Gasteiger partial charge in [-0.25, -0.2) is 9.87 Å². The van der Waals surface area contributed by atoms with Crippen molar-refractivity contribution in [3.63, 3.8) is 0 Å². The molecular formula is C13H15FN2O3. The summed E-state index contributed by atoms with van der Waals surface area (Å²) in [5.41, 5.74) is 3.14.